The summed E-state index contributed by atoms with van der Waals surface area (Å²) in [6.07, 6.45) is 3.35. The molecule has 1 atom stereocenters. The maximum Gasteiger partial charge on any atom is 0.0615 e. The van der Waals surface area contributed by atoms with E-state index in [1.807, 2.05) is 7.05 Å². The molecule has 1 rings (SSSR count). The average molecular weight is 221 g/mol. The Bertz CT molecular complexity index is 281. The zero-order chi connectivity index (χ0) is 11.8. The molecule has 0 aliphatic heterocycles. The number of likely N-dealkylation sites (N-methyl/N-ethyl adjacent to an activating group) is 1. The number of methoxy groups -OCH3 is 1. The zero-order valence-electron chi connectivity index (χ0n) is 10.6. The normalized spacial score (nSPS) is 12.7. The van der Waals surface area contributed by atoms with Gasteiger partial charge in [0.2, 0.25) is 0 Å². The van der Waals surface area contributed by atoms with Crippen LogP contribution in [-0.2, 0) is 17.6 Å². The van der Waals surface area contributed by atoms with Crippen molar-refractivity contribution in [1.29, 1.82) is 0 Å². The van der Waals surface area contributed by atoms with Crippen molar-refractivity contribution in [2.45, 2.75) is 32.2 Å². The summed E-state index contributed by atoms with van der Waals surface area (Å²) in [6, 6.07) is 9.37. The first-order valence-corrected chi connectivity index (χ1v) is 6.04. The number of hydrogen-bond donors (Lipinski definition) is 1. The summed E-state index contributed by atoms with van der Waals surface area (Å²) in [7, 11) is 3.74. The van der Waals surface area contributed by atoms with Crippen LogP contribution in [0.25, 0.3) is 0 Å². The quantitative estimate of drug-likeness (QED) is 0.763. The molecule has 0 amide bonds. The number of nitrogens with one attached hydrogen (secondary N) is 1. The Labute approximate surface area is 99.0 Å². The largest absolute Gasteiger partial charge is 0.383 e. The van der Waals surface area contributed by atoms with Crippen LogP contribution in [0.5, 0.6) is 0 Å². The molecule has 2 heteroatoms. The van der Waals surface area contributed by atoms with Crippen molar-refractivity contribution in [3.63, 3.8) is 0 Å². The van der Waals surface area contributed by atoms with Gasteiger partial charge in [0.15, 0.2) is 0 Å². The third kappa shape index (κ3) is 4.33. The predicted octanol–water partition coefficient (Wildman–Crippen LogP) is 2.42. The highest BCUT2D eigenvalue weighted by Crippen LogP contribution is 2.08. The van der Waals surface area contributed by atoms with Crippen molar-refractivity contribution >= 4 is 0 Å². The second-order valence-electron chi connectivity index (χ2n) is 4.15. The van der Waals surface area contributed by atoms with Crippen LogP contribution >= 0.6 is 0 Å². The monoisotopic (exact) mass is 221 g/mol. The highest BCUT2D eigenvalue weighted by molar-refractivity contribution is 5.22. The molecule has 16 heavy (non-hydrogen) atoms. The van der Waals surface area contributed by atoms with Crippen LogP contribution in [0.2, 0.25) is 0 Å². The Balaban J connectivity index is 2.40. The molecule has 0 aliphatic rings. The van der Waals surface area contributed by atoms with E-state index < -0.39 is 0 Å². The van der Waals surface area contributed by atoms with Crippen LogP contribution in [0, 0.1) is 0 Å². The number of rotatable bonds is 7. The lowest BCUT2D eigenvalue weighted by atomic mass is 10.0. The molecule has 0 fully saturated rings. The van der Waals surface area contributed by atoms with Crippen molar-refractivity contribution < 1.29 is 4.74 Å². The molecular weight excluding hydrogens is 198 g/mol. The molecule has 0 heterocycles. The highest BCUT2D eigenvalue weighted by Gasteiger charge is 2.05. The van der Waals surface area contributed by atoms with Gasteiger partial charge in [-0.2, -0.15) is 0 Å². The molecule has 0 spiro atoms. The fraction of sp³-hybridized carbons (Fsp3) is 0.571. The van der Waals surface area contributed by atoms with Gasteiger partial charge in [-0.25, -0.2) is 0 Å². The Morgan fingerprint density at radius 3 is 2.31 bits per heavy atom. The van der Waals surface area contributed by atoms with E-state index in [2.05, 4.69) is 36.5 Å². The average Bonchev–Trinajstić information content (AvgIpc) is 2.35. The maximum absolute atomic E-state index is 5.16. The minimum Gasteiger partial charge on any atom is -0.383 e. The standard InChI is InChI=1S/C14H23NO/c1-4-12-5-7-13(8-6-12)9-10-14(15-2)11-16-3/h5-8,14-15H,4,9-11H2,1-3H3. The third-order valence-electron chi connectivity index (χ3n) is 2.99. The van der Waals surface area contributed by atoms with E-state index in [0.717, 1.165) is 25.9 Å². The van der Waals surface area contributed by atoms with E-state index in [-0.39, 0.29) is 0 Å². The van der Waals surface area contributed by atoms with Gasteiger partial charge >= 0.3 is 0 Å². The lowest BCUT2D eigenvalue weighted by Gasteiger charge is -2.14. The van der Waals surface area contributed by atoms with Gasteiger partial charge in [-0.15, -0.1) is 0 Å². The van der Waals surface area contributed by atoms with E-state index in [4.69, 9.17) is 4.74 Å². The number of aryl methyl sites for hydroxylation is 2. The molecule has 0 saturated heterocycles. The van der Waals surface area contributed by atoms with E-state index in [9.17, 15) is 0 Å². The van der Waals surface area contributed by atoms with Crippen LogP contribution in [0.3, 0.4) is 0 Å². The Morgan fingerprint density at radius 2 is 1.81 bits per heavy atom. The summed E-state index contributed by atoms with van der Waals surface area (Å²) in [4.78, 5) is 0. The summed E-state index contributed by atoms with van der Waals surface area (Å²) in [5, 5.41) is 3.27. The van der Waals surface area contributed by atoms with Gasteiger partial charge in [-0.05, 0) is 37.4 Å². The van der Waals surface area contributed by atoms with Gasteiger partial charge in [0.25, 0.3) is 0 Å². The lowest BCUT2D eigenvalue weighted by Crippen LogP contribution is -2.30. The van der Waals surface area contributed by atoms with Gasteiger partial charge in [0.1, 0.15) is 0 Å². The fourth-order valence-corrected chi connectivity index (χ4v) is 1.79. The summed E-state index contributed by atoms with van der Waals surface area (Å²) in [5.74, 6) is 0. The maximum atomic E-state index is 5.16. The molecule has 0 aliphatic carbocycles. The molecule has 1 aromatic rings. The zero-order valence-corrected chi connectivity index (χ0v) is 10.6. The fourth-order valence-electron chi connectivity index (χ4n) is 1.79. The van der Waals surface area contributed by atoms with Gasteiger partial charge in [0.05, 0.1) is 6.61 Å². The lowest BCUT2D eigenvalue weighted by molar-refractivity contribution is 0.166. The van der Waals surface area contributed by atoms with Crippen LogP contribution < -0.4 is 5.32 Å². The van der Waals surface area contributed by atoms with E-state index in [1.54, 1.807) is 7.11 Å². The molecule has 0 bridgehead atoms. The first kappa shape index (κ1) is 13.2. The molecule has 1 N–H and O–H groups in total. The van der Waals surface area contributed by atoms with E-state index in [1.165, 1.54) is 11.1 Å². The van der Waals surface area contributed by atoms with Crippen LogP contribution in [-0.4, -0.2) is 26.8 Å². The number of hydrogen-bond acceptors (Lipinski definition) is 2. The van der Waals surface area contributed by atoms with Crippen molar-refractivity contribution in [3.05, 3.63) is 35.4 Å². The van der Waals surface area contributed by atoms with Crippen molar-refractivity contribution in [1.82, 2.24) is 5.32 Å². The summed E-state index contributed by atoms with van der Waals surface area (Å²) in [5.41, 5.74) is 2.82. The molecule has 0 aromatic heterocycles. The van der Waals surface area contributed by atoms with Gasteiger partial charge in [0, 0.05) is 13.2 Å². The predicted molar refractivity (Wildman–Crippen MR) is 68.9 cm³/mol. The Hall–Kier alpha value is -0.860. The molecule has 0 radical (unpaired) electrons. The molecule has 1 unspecified atom stereocenters. The van der Waals surface area contributed by atoms with Gasteiger partial charge in [-0.1, -0.05) is 31.2 Å². The Morgan fingerprint density at radius 1 is 1.19 bits per heavy atom. The topological polar surface area (TPSA) is 21.3 Å². The molecule has 0 saturated carbocycles. The molecule has 1 aromatic carbocycles. The second kappa shape index (κ2) is 7.42. The van der Waals surface area contributed by atoms with E-state index in [0.29, 0.717) is 6.04 Å². The highest BCUT2D eigenvalue weighted by atomic mass is 16.5. The summed E-state index contributed by atoms with van der Waals surface area (Å²) >= 11 is 0. The molecular formula is C14H23NO. The minimum atomic E-state index is 0.454. The summed E-state index contributed by atoms with van der Waals surface area (Å²) in [6.45, 7) is 2.97. The van der Waals surface area contributed by atoms with Crippen LogP contribution in [0.1, 0.15) is 24.5 Å². The van der Waals surface area contributed by atoms with E-state index >= 15 is 0 Å². The molecule has 2 nitrogen and oxygen atoms in total. The second-order valence-corrected chi connectivity index (χ2v) is 4.15. The van der Waals surface area contributed by atoms with Gasteiger partial charge < -0.3 is 10.1 Å². The first-order valence-electron chi connectivity index (χ1n) is 6.04. The van der Waals surface area contributed by atoms with Crippen LogP contribution in [0.4, 0.5) is 0 Å². The first-order chi connectivity index (χ1) is 7.80. The van der Waals surface area contributed by atoms with Gasteiger partial charge in [-0.3, -0.25) is 0 Å². The minimum absolute atomic E-state index is 0.454. The van der Waals surface area contributed by atoms with Crippen molar-refractivity contribution in [2.24, 2.45) is 0 Å². The van der Waals surface area contributed by atoms with Crippen molar-refractivity contribution in [2.75, 3.05) is 20.8 Å². The van der Waals surface area contributed by atoms with Crippen LogP contribution in [0.15, 0.2) is 24.3 Å². The third-order valence-corrected chi connectivity index (χ3v) is 2.99. The van der Waals surface area contributed by atoms with Crippen molar-refractivity contribution in [3.8, 4) is 0 Å². The Kier molecular flexibility index (Phi) is 6.12. The number of ether oxygens (including phenoxy) is 1. The summed E-state index contributed by atoms with van der Waals surface area (Å²) < 4.78 is 5.16. The molecule has 90 valence electrons. The number of benzene rings is 1. The SMILES string of the molecule is CCc1ccc(CCC(COC)NC)cc1. The smallest absolute Gasteiger partial charge is 0.0615 e.